The number of hydrogen-bond donors (Lipinski definition) is 2. The van der Waals surface area contributed by atoms with Crippen LogP contribution in [0.1, 0.15) is 37.4 Å². The van der Waals surface area contributed by atoms with Crippen LogP contribution >= 0.6 is 0 Å². The second-order valence-electron chi connectivity index (χ2n) is 7.11. The fraction of sp³-hybridized carbons (Fsp3) is 0.130. The Morgan fingerprint density at radius 2 is 1.52 bits per heavy atom. The van der Waals surface area contributed by atoms with Crippen molar-refractivity contribution in [3.63, 3.8) is 0 Å². The molecule has 0 saturated carbocycles. The van der Waals surface area contributed by atoms with Crippen LogP contribution in [-0.2, 0) is 23.1 Å². The molecule has 0 heterocycles. The van der Waals surface area contributed by atoms with Crippen molar-refractivity contribution >= 4 is 21.9 Å². The first-order valence-electron chi connectivity index (χ1n) is 9.45. The summed E-state index contributed by atoms with van der Waals surface area (Å²) in [7, 11) is -3.92. The van der Waals surface area contributed by atoms with Gasteiger partial charge in [0.15, 0.2) is 0 Å². The Kier molecular flexibility index (Phi) is 6.53. The molecule has 3 rings (SSSR count). The number of benzene rings is 3. The number of primary amides is 1. The van der Waals surface area contributed by atoms with Gasteiger partial charge in [0.05, 0.1) is 10.5 Å². The van der Waals surface area contributed by atoms with Crippen molar-refractivity contribution in [3.8, 4) is 0 Å². The van der Waals surface area contributed by atoms with Crippen molar-refractivity contribution in [2.24, 2.45) is 5.73 Å². The number of sulfonamides is 1. The molecule has 0 saturated heterocycles. The van der Waals surface area contributed by atoms with Crippen molar-refractivity contribution in [1.82, 2.24) is 4.31 Å². The molecule has 0 bridgehead atoms. The second-order valence-corrected chi connectivity index (χ2v) is 9.05. The Hall–Kier alpha value is -3.49. The third kappa shape index (κ3) is 5.17. The van der Waals surface area contributed by atoms with Crippen LogP contribution in [0.2, 0.25) is 0 Å². The number of carbonyl (C=O) groups is 2. The molecule has 0 spiro atoms. The summed E-state index contributed by atoms with van der Waals surface area (Å²) in [6.07, 6.45) is 0. The quantitative estimate of drug-likeness (QED) is 0.560. The highest BCUT2D eigenvalue weighted by atomic mass is 32.2. The van der Waals surface area contributed by atoms with Crippen LogP contribution in [0, 0.1) is 6.92 Å². The average molecular weight is 439 g/mol. The maximum Gasteiger partial charge on any atom is 0.335 e. The first-order valence-corrected chi connectivity index (χ1v) is 10.9. The van der Waals surface area contributed by atoms with E-state index in [-0.39, 0.29) is 29.1 Å². The molecule has 3 N–H and O–H groups in total. The molecule has 0 radical (unpaired) electrons. The lowest BCUT2D eigenvalue weighted by atomic mass is 10.1. The van der Waals surface area contributed by atoms with Crippen molar-refractivity contribution in [2.45, 2.75) is 24.9 Å². The molecule has 1 amide bonds. The highest BCUT2D eigenvalue weighted by Crippen LogP contribution is 2.23. The fourth-order valence-corrected chi connectivity index (χ4v) is 4.54. The number of aryl methyl sites for hydroxylation is 1. The zero-order valence-electron chi connectivity index (χ0n) is 16.9. The van der Waals surface area contributed by atoms with E-state index < -0.39 is 21.9 Å². The van der Waals surface area contributed by atoms with Crippen LogP contribution in [0.25, 0.3) is 0 Å². The lowest BCUT2D eigenvalue weighted by Gasteiger charge is -2.23. The molecule has 3 aromatic rings. The zero-order valence-corrected chi connectivity index (χ0v) is 17.7. The molecule has 7 nitrogen and oxygen atoms in total. The van der Waals surface area contributed by atoms with E-state index in [4.69, 9.17) is 10.8 Å². The third-order valence-electron chi connectivity index (χ3n) is 4.85. The average Bonchev–Trinajstić information content (AvgIpc) is 2.74. The summed E-state index contributed by atoms with van der Waals surface area (Å²) in [4.78, 5) is 23.0. The Morgan fingerprint density at radius 3 is 2.10 bits per heavy atom. The number of nitrogens with zero attached hydrogens (tertiary/aromatic N) is 1. The van der Waals surface area contributed by atoms with Gasteiger partial charge in [-0.15, -0.1) is 0 Å². The fourth-order valence-electron chi connectivity index (χ4n) is 3.13. The van der Waals surface area contributed by atoms with E-state index in [1.165, 1.54) is 28.6 Å². The summed E-state index contributed by atoms with van der Waals surface area (Å²) >= 11 is 0. The highest BCUT2D eigenvalue weighted by molar-refractivity contribution is 7.89. The minimum Gasteiger partial charge on any atom is -0.478 e. The van der Waals surface area contributed by atoms with E-state index in [9.17, 15) is 18.0 Å². The smallest absolute Gasteiger partial charge is 0.335 e. The minimum absolute atomic E-state index is 0.0107. The molecular weight excluding hydrogens is 416 g/mol. The van der Waals surface area contributed by atoms with Crippen LogP contribution in [0.3, 0.4) is 0 Å². The summed E-state index contributed by atoms with van der Waals surface area (Å²) in [6.45, 7) is 1.78. The van der Waals surface area contributed by atoms with Gasteiger partial charge >= 0.3 is 5.97 Å². The number of nitrogens with two attached hydrogens (primary N) is 1. The lowest BCUT2D eigenvalue weighted by Crippen LogP contribution is -2.31. The predicted molar refractivity (Wildman–Crippen MR) is 116 cm³/mol. The van der Waals surface area contributed by atoms with E-state index in [1.54, 1.807) is 48.5 Å². The summed E-state index contributed by atoms with van der Waals surface area (Å²) in [5.74, 6) is -1.71. The number of carboxylic acid groups (broad SMARTS) is 1. The van der Waals surface area contributed by atoms with E-state index in [0.29, 0.717) is 11.1 Å². The first-order chi connectivity index (χ1) is 14.7. The van der Waals surface area contributed by atoms with Crippen LogP contribution < -0.4 is 5.73 Å². The number of hydrogen-bond acceptors (Lipinski definition) is 4. The largest absolute Gasteiger partial charge is 0.478 e. The Balaban J connectivity index is 2.02. The van der Waals surface area contributed by atoms with Crippen LogP contribution in [0.15, 0.2) is 77.7 Å². The zero-order chi connectivity index (χ0) is 22.6. The molecule has 0 atom stereocenters. The molecule has 160 valence electrons. The monoisotopic (exact) mass is 438 g/mol. The summed E-state index contributed by atoms with van der Waals surface area (Å²) in [5, 5.41) is 9.09. The topological polar surface area (TPSA) is 118 Å². The van der Waals surface area contributed by atoms with Gasteiger partial charge in [-0.1, -0.05) is 48.0 Å². The number of aromatic carboxylic acids is 1. The molecule has 0 unspecified atom stereocenters. The molecule has 0 fully saturated rings. The highest BCUT2D eigenvalue weighted by Gasteiger charge is 2.26. The molecule has 31 heavy (non-hydrogen) atoms. The van der Waals surface area contributed by atoms with E-state index in [0.717, 1.165) is 5.56 Å². The molecule has 0 aliphatic heterocycles. The summed E-state index contributed by atoms with van der Waals surface area (Å²) < 4.78 is 28.1. The van der Waals surface area contributed by atoms with Gasteiger partial charge < -0.3 is 10.8 Å². The second kappa shape index (κ2) is 9.11. The SMILES string of the molecule is Cc1ccc(S(=O)(=O)N(Cc2ccc(C(=O)O)cc2)Cc2ccccc2C(N)=O)cc1. The lowest BCUT2D eigenvalue weighted by molar-refractivity contribution is 0.0696. The maximum absolute atomic E-state index is 13.4. The normalized spacial score (nSPS) is 11.4. The van der Waals surface area contributed by atoms with Crippen molar-refractivity contribution in [3.05, 3.63) is 101 Å². The van der Waals surface area contributed by atoms with Gasteiger partial charge in [-0.25, -0.2) is 13.2 Å². The van der Waals surface area contributed by atoms with Gasteiger partial charge in [-0.05, 0) is 48.4 Å². The van der Waals surface area contributed by atoms with Crippen molar-refractivity contribution < 1.29 is 23.1 Å². The van der Waals surface area contributed by atoms with Gasteiger partial charge in [0.1, 0.15) is 0 Å². The van der Waals surface area contributed by atoms with Gasteiger partial charge in [-0.2, -0.15) is 4.31 Å². The molecule has 8 heteroatoms. The first kappa shape index (κ1) is 22.2. The van der Waals surface area contributed by atoms with Gasteiger partial charge in [-0.3, -0.25) is 4.79 Å². The predicted octanol–water partition coefficient (Wildman–Crippen LogP) is 3.18. The van der Waals surface area contributed by atoms with Crippen LogP contribution in [0.5, 0.6) is 0 Å². The molecule has 0 aliphatic rings. The molecule has 0 aromatic heterocycles. The van der Waals surface area contributed by atoms with E-state index >= 15 is 0 Å². The van der Waals surface area contributed by atoms with Crippen LogP contribution in [-0.4, -0.2) is 29.7 Å². The van der Waals surface area contributed by atoms with Gasteiger partial charge in [0, 0.05) is 18.7 Å². The number of rotatable bonds is 8. The Labute approximate surface area is 180 Å². The Bertz CT molecular complexity index is 1200. The van der Waals surface area contributed by atoms with Crippen LogP contribution in [0.4, 0.5) is 0 Å². The molecular formula is C23H22N2O5S. The van der Waals surface area contributed by atoms with Gasteiger partial charge in [0.2, 0.25) is 15.9 Å². The van der Waals surface area contributed by atoms with Crippen molar-refractivity contribution in [1.29, 1.82) is 0 Å². The summed E-state index contributed by atoms with van der Waals surface area (Å²) in [6, 6.07) is 19.1. The summed E-state index contributed by atoms with van der Waals surface area (Å²) in [5.41, 5.74) is 7.83. The maximum atomic E-state index is 13.4. The number of carboxylic acids is 1. The molecule has 0 aliphatic carbocycles. The number of carbonyl (C=O) groups excluding carboxylic acids is 1. The van der Waals surface area contributed by atoms with E-state index in [2.05, 4.69) is 0 Å². The Morgan fingerprint density at radius 1 is 0.903 bits per heavy atom. The van der Waals surface area contributed by atoms with E-state index in [1.807, 2.05) is 6.92 Å². The third-order valence-corrected chi connectivity index (χ3v) is 6.65. The minimum atomic E-state index is -3.92. The molecule has 3 aromatic carbocycles. The number of amides is 1. The van der Waals surface area contributed by atoms with Gasteiger partial charge in [0.25, 0.3) is 0 Å². The van der Waals surface area contributed by atoms with Crippen molar-refractivity contribution in [2.75, 3.05) is 0 Å². The standard InChI is InChI=1S/C23H22N2O5S/c1-16-6-12-20(13-7-16)31(29,30)25(14-17-8-10-18(11-9-17)23(27)28)15-19-4-2-3-5-21(19)22(24)26/h2-13H,14-15H2,1H3,(H2,24,26)(H,27,28).